The van der Waals surface area contributed by atoms with Crippen LogP contribution >= 0.6 is 0 Å². The van der Waals surface area contributed by atoms with Gasteiger partial charge in [-0.2, -0.15) is 0 Å². The summed E-state index contributed by atoms with van der Waals surface area (Å²) >= 11 is 0. The van der Waals surface area contributed by atoms with Gasteiger partial charge in [-0.25, -0.2) is 0 Å². The Balaban J connectivity index is 2.68. The van der Waals surface area contributed by atoms with Gasteiger partial charge in [-0.3, -0.25) is 0 Å². The van der Waals surface area contributed by atoms with Crippen molar-refractivity contribution in [2.75, 3.05) is 6.61 Å². The van der Waals surface area contributed by atoms with Crippen LogP contribution in [-0.4, -0.2) is 11.7 Å². The summed E-state index contributed by atoms with van der Waals surface area (Å²) in [6, 6.07) is 7.61. The number of unbranched alkanes of at least 4 members (excludes halogenated alkanes) is 1. The average molecular weight is 234 g/mol. The Kier molecular flexibility index (Phi) is 5.61. The van der Waals surface area contributed by atoms with E-state index in [0.29, 0.717) is 5.76 Å². The molecule has 0 fully saturated rings. The molecule has 0 aliphatic heterocycles. The SMILES string of the molecule is CCCCOc1ccc(C(O)=C(C)CC)cc1. The molecule has 0 bridgehead atoms. The van der Waals surface area contributed by atoms with E-state index in [0.717, 1.165) is 42.8 Å². The predicted octanol–water partition coefficient (Wildman–Crippen LogP) is 4.56. The van der Waals surface area contributed by atoms with Crippen molar-refractivity contribution in [2.45, 2.75) is 40.0 Å². The average Bonchev–Trinajstić information content (AvgIpc) is 2.38. The molecule has 0 radical (unpaired) electrons. The molecule has 0 aromatic heterocycles. The first-order chi connectivity index (χ1) is 8.19. The molecule has 0 heterocycles. The van der Waals surface area contributed by atoms with Crippen molar-refractivity contribution in [3.63, 3.8) is 0 Å². The van der Waals surface area contributed by atoms with Gasteiger partial charge in [0.1, 0.15) is 11.5 Å². The summed E-state index contributed by atoms with van der Waals surface area (Å²) in [7, 11) is 0. The summed E-state index contributed by atoms with van der Waals surface area (Å²) in [6.45, 7) is 6.88. The van der Waals surface area contributed by atoms with Crippen molar-refractivity contribution in [1.29, 1.82) is 0 Å². The van der Waals surface area contributed by atoms with Crippen LogP contribution in [-0.2, 0) is 0 Å². The Morgan fingerprint density at radius 2 is 1.82 bits per heavy atom. The quantitative estimate of drug-likeness (QED) is 0.577. The molecule has 0 saturated carbocycles. The van der Waals surface area contributed by atoms with E-state index in [1.165, 1.54) is 0 Å². The topological polar surface area (TPSA) is 29.5 Å². The van der Waals surface area contributed by atoms with Gasteiger partial charge in [-0.15, -0.1) is 0 Å². The smallest absolute Gasteiger partial charge is 0.121 e. The molecule has 0 aliphatic carbocycles. The van der Waals surface area contributed by atoms with Crippen LogP contribution in [0.5, 0.6) is 5.75 Å². The first-order valence-corrected chi connectivity index (χ1v) is 6.31. The lowest BCUT2D eigenvalue weighted by atomic mass is 10.1. The number of hydrogen-bond acceptors (Lipinski definition) is 2. The van der Waals surface area contributed by atoms with Crippen molar-refractivity contribution < 1.29 is 9.84 Å². The molecule has 0 aliphatic rings. The normalized spacial score (nSPS) is 12.2. The van der Waals surface area contributed by atoms with Crippen molar-refractivity contribution in [3.8, 4) is 5.75 Å². The minimum absolute atomic E-state index is 0.382. The van der Waals surface area contributed by atoms with E-state index in [4.69, 9.17) is 4.74 Å². The summed E-state index contributed by atoms with van der Waals surface area (Å²) in [5.74, 6) is 1.25. The van der Waals surface area contributed by atoms with Gasteiger partial charge in [0.15, 0.2) is 0 Å². The van der Waals surface area contributed by atoms with Gasteiger partial charge in [0, 0.05) is 5.56 Å². The van der Waals surface area contributed by atoms with Gasteiger partial charge in [0.2, 0.25) is 0 Å². The number of aliphatic hydroxyl groups is 1. The highest BCUT2D eigenvalue weighted by atomic mass is 16.5. The molecule has 1 aromatic rings. The van der Waals surface area contributed by atoms with Crippen LogP contribution in [0.15, 0.2) is 29.8 Å². The second-order valence-electron chi connectivity index (χ2n) is 4.21. The Morgan fingerprint density at radius 1 is 1.18 bits per heavy atom. The molecule has 1 aromatic carbocycles. The Bertz CT molecular complexity index is 363. The maximum atomic E-state index is 9.93. The number of hydrogen-bond donors (Lipinski definition) is 1. The molecule has 17 heavy (non-hydrogen) atoms. The van der Waals surface area contributed by atoms with Gasteiger partial charge in [0.25, 0.3) is 0 Å². The van der Waals surface area contributed by atoms with E-state index in [9.17, 15) is 5.11 Å². The zero-order valence-corrected chi connectivity index (χ0v) is 11.0. The highest BCUT2D eigenvalue weighted by Crippen LogP contribution is 2.20. The first-order valence-electron chi connectivity index (χ1n) is 6.31. The number of rotatable bonds is 6. The second kappa shape index (κ2) is 7.00. The van der Waals surface area contributed by atoms with Crippen LogP contribution in [0.2, 0.25) is 0 Å². The highest BCUT2D eigenvalue weighted by Gasteiger charge is 2.02. The largest absolute Gasteiger partial charge is 0.507 e. The van der Waals surface area contributed by atoms with Crippen LogP contribution in [0.25, 0.3) is 5.76 Å². The summed E-state index contributed by atoms with van der Waals surface area (Å²) in [4.78, 5) is 0. The Morgan fingerprint density at radius 3 is 2.35 bits per heavy atom. The molecule has 2 nitrogen and oxygen atoms in total. The minimum Gasteiger partial charge on any atom is -0.507 e. The summed E-state index contributed by atoms with van der Waals surface area (Å²) in [5, 5.41) is 9.93. The van der Waals surface area contributed by atoms with E-state index in [1.54, 1.807) is 0 Å². The molecule has 0 amide bonds. The summed E-state index contributed by atoms with van der Waals surface area (Å²) in [5.41, 5.74) is 1.86. The van der Waals surface area contributed by atoms with Crippen molar-refractivity contribution in [1.82, 2.24) is 0 Å². The highest BCUT2D eigenvalue weighted by molar-refractivity contribution is 5.61. The lowest BCUT2D eigenvalue weighted by Crippen LogP contribution is -1.96. The third kappa shape index (κ3) is 4.14. The van der Waals surface area contributed by atoms with E-state index in [-0.39, 0.29) is 0 Å². The molecule has 0 saturated heterocycles. The van der Waals surface area contributed by atoms with Crippen molar-refractivity contribution in [2.24, 2.45) is 0 Å². The van der Waals surface area contributed by atoms with E-state index < -0.39 is 0 Å². The Labute approximate surface area is 104 Å². The predicted molar refractivity (Wildman–Crippen MR) is 72.4 cm³/mol. The zero-order valence-electron chi connectivity index (χ0n) is 11.0. The van der Waals surface area contributed by atoms with E-state index in [1.807, 2.05) is 38.1 Å². The van der Waals surface area contributed by atoms with Crippen LogP contribution in [0.1, 0.15) is 45.6 Å². The third-order valence-electron chi connectivity index (χ3n) is 2.83. The number of ether oxygens (including phenoxy) is 1. The molecule has 1 N–H and O–H groups in total. The molecular formula is C15H22O2. The van der Waals surface area contributed by atoms with E-state index >= 15 is 0 Å². The van der Waals surface area contributed by atoms with Gasteiger partial charge in [-0.1, -0.05) is 20.3 Å². The molecule has 0 unspecified atom stereocenters. The van der Waals surface area contributed by atoms with Crippen LogP contribution in [0.3, 0.4) is 0 Å². The number of allylic oxidation sites excluding steroid dienone is 1. The molecule has 2 heteroatoms. The monoisotopic (exact) mass is 234 g/mol. The fourth-order valence-corrected chi connectivity index (χ4v) is 1.46. The number of aliphatic hydroxyl groups excluding tert-OH is 1. The van der Waals surface area contributed by atoms with Gasteiger partial charge >= 0.3 is 0 Å². The molecule has 0 spiro atoms. The van der Waals surface area contributed by atoms with Gasteiger partial charge in [-0.05, 0) is 49.6 Å². The molecule has 94 valence electrons. The first kappa shape index (κ1) is 13.6. The fraction of sp³-hybridized carbons (Fsp3) is 0.467. The standard InChI is InChI=1S/C15H22O2/c1-4-6-11-17-14-9-7-13(8-10-14)15(16)12(3)5-2/h7-10,16H,4-6,11H2,1-3H3. The van der Waals surface area contributed by atoms with Crippen molar-refractivity contribution >= 4 is 5.76 Å². The maximum Gasteiger partial charge on any atom is 0.121 e. The lowest BCUT2D eigenvalue weighted by molar-refractivity contribution is 0.309. The lowest BCUT2D eigenvalue weighted by Gasteiger charge is -2.07. The van der Waals surface area contributed by atoms with Crippen LogP contribution < -0.4 is 4.74 Å². The van der Waals surface area contributed by atoms with Crippen LogP contribution in [0.4, 0.5) is 0 Å². The molecule has 1 rings (SSSR count). The number of benzene rings is 1. The van der Waals surface area contributed by atoms with Gasteiger partial charge in [0.05, 0.1) is 6.61 Å². The second-order valence-corrected chi connectivity index (χ2v) is 4.21. The molecular weight excluding hydrogens is 212 g/mol. The van der Waals surface area contributed by atoms with Gasteiger partial charge < -0.3 is 9.84 Å². The van der Waals surface area contributed by atoms with Crippen LogP contribution in [0, 0.1) is 0 Å². The summed E-state index contributed by atoms with van der Waals surface area (Å²) < 4.78 is 5.57. The Hall–Kier alpha value is -1.44. The van der Waals surface area contributed by atoms with E-state index in [2.05, 4.69) is 6.92 Å². The fourth-order valence-electron chi connectivity index (χ4n) is 1.46. The maximum absolute atomic E-state index is 9.93. The zero-order chi connectivity index (χ0) is 12.7. The van der Waals surface area contributed by atoms with Crippen molar-refractivity contribution in [3.05, 3.63) is 35.4 Å². The summed E-state index contributed by atoms with van der Waals surface area (Å²) in [6.07, 6.45) is 3.07. The third-order valence-corrected chi connectivity index (χ3v) is 2.83. The minimum atomic E-state index is 0.382. The molecule has 0 atom stereocenters.